The van der Waals surface area contributed by atoms with E-state index in [-0.39, 0.29) is 17.1 Å². The molecule has 1 aromatic carbocycles. The number of thiophene rings is 1. The Hall–Kier alpha value is -1.94. The highest BCUT2D eigenvalue weighted by Crippen LogP contribution is 2.37. The van der Waals surface area contributed by atoms with Gasteiger partial charge in [0.05, 0.1) is 16.2 Å². The number of carbonyl (C=O) groups is 2. The largest absolute Gasteiger partial charge is 0.365 e. The Morgan fingerprint density at radius 3 is 2.53 bits per heavy atom. The molecule has 2 heterocycles. The molecule has 1 aliphatic heterocycles. The quantitative estimate of drug-likeness (QED) is 0.647. The number of nitrogens with two attached hydrogens (primary N) is 1. The summed E-state index contributed by atoms with van der Waals surface area (Å²) in [5.74, 6) is -1.41. The third kappa shape index (κ3) is 5.03. The molecule has 0 aliphatic carbocycles. The van der Waals surface area contributed by atoms with Crippen molar-refractivity contribution in [2.24, 2.45) is 5.73 Å². The maximum Gasteiger partial charge on any atom is 0.251 e. The first-order chi connectivity index (χ1) is 14.1. The third-order valence-corrected chi connectivity index (χ3v) is 8.20. The maximum atomic E-state index is 12.5. The fourth-order valence-corrected chi connectivity index (χ4v) is 6.05. The van der Waals surface area contributed by atoms with Crippen molar-refractivity contribution in [2.75, 3.05) is 17.6 Å². The molecule has 2 aromatic rings. The third-order valence-electron chi connectivity index (χ3n) is 5.09. The van der Waals surface area contributed by atoms with E-state index in [0.717, 1.165) is 17.0 Å². The van der Waals surface area contributed by atoms with Gasteiger partial charge in [-0.1, -0.05) is 11.6 Å². The van der Waals surface area contributed by atoms with Gasteiger partial charge in [0.2, 0.25) is 5.91 Å². The molecule has 0 bridgehead atoms. The van der Waals surface area contributed by atoms with Gasteiger partial charge in [0.1, 0.15) is 5.00 Å². The van der Waals surface area contributed by atoms with Crippen molar-refractivity contribution in [3.05, 3.63) is 45.3 Å². The Morgan fingerprint density at radius 1 is 1.27 bits per heavy atom. The van der Waals surface area contributed by atoms with E-state index in [1.165, 1.54) is 35.6 Å². The topological polar surface area (TPSA) is 110 Å². The first-order valence-electron chi connectivity index (χ1n) is 9.55. The van der Waals surface area contributed by atoms with Gasteiger partial charge < -0.3 is 11.1 Å². The van der Waals surface area contributed by atoms with E-state index in [9.17, 15) is 18.0 Å². The molecule has 0 atom stereocenters. The number of nitrogens with one attached hydrogen (secondary N) is 1. The number of anilines is 1. The molecule has 0 saturated heterocycles. The lowest BCUT2D eigenvalue weighted by Crippen LogP contribution is -2.35. The zero-order valence-electron chi connectivity index (χ0n) is 16.8. The Labute approximate surface area is 185 Å². The van der Waals surface area contributed by atoms with Crippen LogP contribution in [0, 0.1) is 0 Å². The van der Waals surface area contributed by atoms with E-state index in [0.29, 0.717) is 34.6 Å². The van der Waals surface area contributed by atoms with Crippen LogP contribution in [-0.2, 0) is 27.6 Å². The minimum Gasteiger partial charge on any atom is -0.365 e. The highest BCUT2D eigenvalue weighted by Gasteiger charge is 2.28. The van der Waals surface area contributed by atoms with Crippen LogP contribution in [0.3, 0.4) is 0 Å². The van der Waals surface area contributed by atoms with Crippen molar-refractivity contribution in [3.63, 3.8) is 0 Å². The van der Waals surface area contributed by atoms with E-state index in [1.807, 2.05) is 0 Å². The predicted molar refractivity (Wildman–Crippen MR) is 119 cm³/mol. The second-order valence-electron chi connectivity index (χ2n) is 7.46. The Balaban J connectivity index is 1.72. The molecule has 10 heteroatoms. The highest BCUT2D eigenvalue weighted by molar-refractivity contribution is 7.91. The molecular weight excluding hydrogens is 446 g/mol. The predicted octanol–water partition coefficient (Wildman–Crippen LogP) is 3.07. The van der Waals surface area contributed by atoms with E-state index >= 15 is 0 Å². The Morgan fingerprint density at radius 2 is 1.93 bits per heavy atom. The number of primary amides is 1. The number of benzene rings is 1. The molecule has 30 heavy (non-hydrogen) atoms. The minimum atomic E-state index is -3.62. The van der Waals surface area contributed by atoms with Gasteiger partial charge in [0, 0.05) is 35.5 Å². The standard InChI is InChI=1S/C20H24ClN3O4S2/c1-12(2)24-9-7-15-16(11-24)29-20(18(15)19(22)26)23-17(25)8-10-30(27,28)14-5-3-13(21)4-6-14/h3-6,12H,7-11H2,1-2H3,(H2,22,26)(H,23,25). The summed E-state index contributed by atoms with van der Waals surface area (Å²) in [6, 6.07) is 6.17. The lowest BCUT2D eigenvalue weighted by atomic mass is 10.0. The zero-order chi connectivity index (χ0) is 22.1. The van der Waals surface area contributed by atoms with Crippen molar-refractivity contribution >= 4 is 49.6 Å². The Bertz CT molecular complexity index is 1060. The van der Waals surface area contributed by atoms with Gasteiger partial charge in [-0.2, -0.15) is 0 Å². The Kier molecular flexibility index (Phi) is 6.86. The average Bonchev–Trinajstić information content (AvgIpc) is 3.03. The van der Waals surface area contributed by atoms with Crippen LogP contribution < -0.4 is 11.1 Å². The number of rotatable bonds is 7. The molecule has 2 amide bonds. The molecular formula is C20H24ClN3O4S2. The summed E-state index contributed by atoms with van der Waals surface area (Å²) in [4.78, 5) is 27.9. The van der Waals surface area contributed by atoms with Crippen LogP contribution in [0.15, 0.2) is 29.2 Å². The molecule has 162 valence electrons. The number of hydrogen-bond donors (Lipinski definition) is 2. The first-order valence-corrected chi connectivity index (χ1v) is 12.4. The molecule has 3 N–H and O–H groups in total. The monoisotopic (exact) mass is 469 g/mol. The van der Waals surface area contributed by atoms with Crippen molar-refractivity contribution in [2.45, 2.75) is 44.2 Å². The summed E-state index contributed by atoms with van der Waals surface area (Å²) in [6.07, 6.45) is 0.451. The van der Waals surface area contributed by atoms with Crippen LogP contribution in [-0.4, -0.2) is 43.5 Å². The normalized spacial score (nSPS) is 14.5. The molecule has 0 unspecified atom stereocenters. The summed E-state index contributed by atoms with van der Waals surface area (Å²) in [7, 11) is -3.62. The summed E-state index contributed by atoms with van der Waals surface area (Å²) in [6.45, 7) is 5.72. The minimum absolute atomic E-state index is 0.109. The van der Waals surface area contributed by atoms with Crippen LogP contribution >= 0.6 is 22.9 Å². The van der Waals surface area contributed by atoms with Crippen LogP contribution in [0.1, 0.15) is 41.1 Å². The van der Waals surface area contributed by atoms with E-state index in [2.05, 4.69) is 24.1 Å². The number of sulfone groups is 1. The van der Waals surface area contributed by atoms with Crippen molar-refractivity contribution in [1.82, 2.24) is 4.90 Å². The van der Waals surface area contributed by atoms with Gasteiger partial charge in [-0.05, 0) is 50.1 Å². The van der Waals surface area contributed by atoms with Crippen molar-refractivity contribution in [1.29, 1.82) is 0 Å². The summed E-state index contributed by atoms with van der Waals surface area (Å²) in [5, 5.41) is 3.53. The summed E-state index contributed by atoms with van der Waals surface area (Å²) >= 11 is 7.12. The van der Waals surface area contributed by atoms with E-state index < -0.39 is 21.7 Å². The number of amides is 2. The lowest BCUT2D eigenvalue weighted by molar-refractivity contribution is -0.115. The van der Waals surface area contributed by atoms with Crippen molar-refractivity contribution < 1.29 is 18.0 Å². The molecule has 1 aliphatic rings. The molecule has 0 spiro atoms. The van der Waals surface area contributed by atoms with Gasteiger partial charge in [0.15, 0.2) is 9.84 Å². The van der Waals surface area contributed by atoms with E-state index in [4.69, 9.17) is 17.3 Å². The molecule has 0 fully saturated rings. The second kappa shape index (κ2) is 9.05. The lowest BCUT2D eigenvalue weighted by Gasteiger charge is -2.30. The van der Waals surface area contributed by atoms with Gasteiger partial charge >= 0.3 is 0 Å². The SMILES string of the molecule is CC(C)N1CCc2c(sc(NC(=O)CCS(=O)(=O)c3ccc(Cl)cc3)c2C(N)=O)C1. The summed E-state index contributed by atoms with van der Waals surface area (Å²) < 4.78 is 24.9. The zero-order valence-corrected chi connectivity index (χ0v) is 19.2. The molecule has 0 radical (unpaired) electrons. The molecule has 0 saturated carbocycles. The maximum absolute atomic E-state index is 12.5. The number of hydrogen-bond acceptors (Lipinski definition) is 6. The second-order valence-corrected chi connectivity index (χ2v) is 11.1. The average molecular weight is 470 g/mol. The van der Waals surface area contributed by atoms with E-state index in [1.54, 1.807) is 0 Å². The fraction of sp³-hybridized carbons (Fsp3) is 0.400. The van der Waals surface area contributed by atoms with Crippen LogP contribution in [0.5, 0.6) is 0 Å². The fourth-order valence-electron chi connectivity index (χ4n) is 3.39. The van der Waals surface area contributed by atoms with Gasteiger partial charge in [-0.25, -0.2) is 8.42 Å². The van der Waals surface area contributed by atoms with Gasteiger partial charge in [0.25, 0.3) is 5.91 Å². The van der Waals surface area contributed by atoms with Crippen LogP contribution in [0.2, 0.25) is 5.02 Å². The molecule has 1 aromatic heterocycles. The summed E-state index contributed by atoms with van der Waals surface area (Å²) in [5.41, 5.74) is 6.80. The highest BCUT2D eigenvalue weighted by atomic mass is 35.5. The number of halogens is 1. The van der Waals surface area contributed by atoms with Gasteiger partial charge in [-0.3, -0.25) is 14.5 Å². The van der Waals surface area contributed by atoms with Crippen LogP contribution in [0.4, 0.5) is 5.00 Å². The van der Waals surface area contributed by atoms with Crippen LogP contribution in [0.25, 0.3) is 0 Å². The van der Waals surface area contributed by atoms with Crippen molar-refractivity contribution in [3.8, 4) is 0 Å². The number of nitrogens with zero attached hydrogens (tertiary/aromatic N) is 1. The van der Waals surface area contributed by atoms with Gasteiger partial charge in [-0.15, -0.1) is 11.3 Å². The number of carbonyl (C=O) groups excluding carboxylic acids is 2. The molecule has 7 nitrogen and oxygen atoms in total. The molecule has 3 rings (SSSR count). The first kappa shape index (κ1) is 22.7. The smallest absolute Gasteiger partial charge is 0.251 e. The number of fused-ring (bicyclic) bond motifs is 1.